The Morgan fingerprint density at radius 2 is 1.32 bits per heavy atom. The lowest BCUT2D eigenvalue weighted by Crippen LogP contribution is -2.04. The van der Waals surface area contributed by atoms with Gasteiger partial charge in [-0.2, -0.15) is 0 Å². The standard InChI is InChI=1S/C26H24N2O3/c1-5-24-27-20-14-22(29-2)16-10-6-8-12-18(16)25(20)28(24)21-15-23(30-3)17-11-7-9-13-19(17)26(21)31-4/h6-15H,5H2,1-4H3. The molecule has 0 aliphatic heterocycles. The SMILES string of the molecule is CCc1nc2cc(OC)c3ccccc3c2n1-c1cc(OC)c2ccccc2c1OC. The lowest BCUT2D eigenvalue weighted by Gasteiger charge is -2.18. The van der Waals surface area contributed by atoms with Crippen molar-refractivity contribution in [2.75, 3.05) is 21.3 Å². The lowest BCUT2D eigenvalue weighted by molar-refractivity contribution is 0.409. The third kappa shape index (κ3) is 2.81. The second-order valence-corrected chi connectivity index (χ2v) is 7.39. The van der Waals surface area contributed by atoms with E-state index in [0.29, 0.717) is 0 Å². The van der Waals surface area contributed by atoms with Crippen LogP contribution in [-0.4, -0.2) is 30.9 Å². The van der Waals surface area contributed by atoms with Crippen LogP contribution in [0.25, 0.3) is 38.3 Å². The first kappa shape index (κ1) is 19.2. The molecule has 0 spiro atoms. The van der Waals surface area contributed by atoms with Crippen molar-refractivity contribution < 1.29 is 14.2 Å². The number of nitrogens with zero attached hydrogens (tertiary/aromatic N) is 2. The van der Waals surface area contributed by atoms with Crippen LogP contribution in [0.15, 0.2) is 60.7 Å². The van der Waals surface area contributed by atoms with E-state index < -0.39 is 0 Å². The molecule has 5 nitrogen and oxygen atoms in total. The van der Waals surface area contributed by atoms with Gasteiger partial charge >= 0.3 is 0 Å². The topological polar surface area (TPSA) is 45.5 Å². The summed E-state index contributed by atoms with van der Waals surface area (Å²) in [5.41, 5.74) is 2.83. The number of hydrogen-bond donors (Lipinski definition) is 0. The minimum Gasteiger partial charge on any atom is -0.496 e. The molecule has 4 aromatic carbocycles. The van der Waals surface area contributed by atoms with Crippen molar-refractivity contribution in [2.45, 2.75) is 13.3 Å². The summed E-state index contributed by atoms with van der Waals surface area (Å²) in [6.07, 6.45) is 0.767. The Bertz CT molecular complexity index is 1440. The lowest BCUT2D eigenvalue weighted by atomic mass is 10.1. The number of ether oxygens (including phenoxy) is 3. The second-order valence-electron chi connectivity index (χ2n) is 7.39. The zero-order chi connectivity index (χ0) is 21.5. The normalized spacial score (nSPS) is 11.4. The van der Waals surface area contributed by atoms with Crippen LogP contribution in [0.2, 0.25) is 0 Å². The third-order valence-electron chi connectivity index (χ3n) is 5.83. The number of hydrogen-bond acceptors (Lipinski definition) is 4. The predicted octanol–water partition coefficient (Wildman–Crippen LogP) is 5.92. The van der Waals surface area contributed by atoms with Gasteiger partial charge in [-0.05, 0) is 0 Å². The van der Waals surface area contributed by atoms with Crippen LogP contribution in [0.1, 0.15) is 12.7 Å². The van der Waals surface area contributed by atoms with Crippen molar-refractivity contribution in [3.05, 3.63) is 66.5 Å². The van der Waals surface area contributed by atoms with Crippen LogP contribution in [0, 0.1) is 0 Å². The van der Waals surface area contributed by atoms with Crippen LogP contribution in [0.5, 0.6) is 17.2 Å². The molecule has 0 N–H and O–H groups in total. The maximum Gasteiger partial charge on any atom is 0.150 e. The van der Waals surface area contributed by atoms with Gasteiger partial charge in [-0.1, -0.05) is 55.5 Å². The number of rotatable bonds is 5. The summed E-state index contributed by atoms with van der Waals surface area (Å²) in [6.45, 7) is 2.11. The summed E-state index contributed by atoms with van der Waals surface area (Å²) in [6, 6.07) is 20.4. The molecule has 0 fully saturated rings. The Labute approximate surface area is 180 Å². The number of benzene rings is 4. The predicted molar refractivity (Wildman–Crippen MR) is 125 cm³/mol. The highest BCUT2D eigenvalue weighted by atomic mass is 16.5. The van der Waals surface area contributed by atoms with Crippen molar-refractivity contribution >= 4 is 32.6 Å². The molecule has 31 heavy (non-hydrogen) atoms. The van der Waals surface area contributed by atoms with Crippen molar-refractivity contribution in [3.63, 3.8) is 0 Å². The quantitative estimate of drug-likeness (QED) is 0.359. The maximum absolute atomic E-state index is 5.96. The van der Waals surface area contributed by atoms with Gasteiger partial charge in [0.1, 0.15) is 17.3 Å². The summed E-state index contributed by atoms with van der Waals surface area (Å²) in [5.74, 6) is 3.36. The molecule has 0 amide bonds. The summed E-state index contributed by atoms with van der Waals surface area (Å²) in [4.78, 5) is 4.96. The molecule has 5 aromatic rings. The molecule has 156 valence electrons. The number of aryl methyl sites for hydroxylation is 1. The van der Waals surface area contributed by atoms with Gasteiger partial charge in [0.05, 0.1) is 38.1 Å². The van der Waals surface area contributed by atoms with E-state index in [1.165, 1.54) is 0 Å². The molecule has 5 heteroatoms. The Morgan fingerprint density at radius 3 is 1.94 bits per heavy atom. The first-order valence-corrected chi connectivity index (χ1v) is 10.3. The van der Waals surface area contributed by atoms with Crippen LogP contribution < -0.4 is 14.2 Å². The van der Waals surface area contributed by atoms with E-state index in [-0.39, 0.29) is 0 Å². The smallest absolute Gasteiger partial charge is 0.150 e. The molecule has 0 radical (unpaired) electrons. The molecule has 0 unspecified atom stereocenters. The Kier molecular flexibility index (Phi) is 4.66. The number of aromatic nitrogens is 2. The van der Waals surface area contributed by atoms with E-state index in [2.05, 4.69) is 29.7 Å². The van der Waals surface area contributed by atoms with Gasteiger partial charge in [-0.25, -0.2) is 4.98 Å². The second kappa shape index (κ2) is 7.51. The summed E-state index contributed by atoms with van der Waals surface area (Å²) in [7, 11) is 5.11. The molecule has 0 aliphatic carbocycles. The first-order valence-electron chi connectivity index (χ1n) is 10.3. The molecule has 0 saturated heterocycles. The van der Waals surface area contributed by atoms with Crippen LogP contribution in [-0.2, 0) is 6.42 Å². The van der Waals surface area contributed by atoms with Gasteiger partial charge in [-0.3, -0.25) is 4.57 Å². The average Bonchev–Trinajstić information content (AvgIpc) is 3.21. The van der Waals surface area contributed by atoms with Crippen molar-refractivity contribution in [2.24, 2.45) is 0 Å². The fourth-order valence-corrected chi connectivity index (χ4v) is 4.47. The van der Waals surface area contributed by atoms with Gasteiger partial charge in [0.15, 0.2) is 5.75 Å². The van der Waals surface area contributed by atoms with E-state index in [0.717, 1.165) is 67.8 Å². The molecule has 1 heterocycles. The highest BCUT2D eigenvalue weighted by Crippen LogP contribution is 2.42. The van der Waals surface area contributed by atoms with Gasteiger partial charge in [0, 0.05) is 40.1 Å². The van der Waals surface area contributed by atoms with Crippen molar-refractivity contribution in [3.8, 4) is 22.9 Å². The Hall–Kier alpha value is -3.73. The van der Waals surface area contributed by atoms with Crippen molar-refractivity contribution in [1.29, 1.82) is 0 Å². The summed E-state index contributed by atoms with van der Waals surface area (Å²) < 4.78 is 19.6. The van der Waals surface area contributed by atoms with Crippen LogP contribution in [0.4, 0.5) is 0 Å². The van der Waals surface area contributed by atoms with Crippen LogP contribution in [0.3, 0.4) is 0 Å². The Balaban J connectivity index is 1.98. The molecular weight excluding hydrogens is 388 g/mol. The third-order valence-corrected chi connectivity index (χ3v) is 5.83. The van der Waals surface area contributed by atoms with E-state index in [9.17, 15) is 0 Å². The van der Waals surface area contributed by atoms with E-state index in [1.54, 1.807) is 21.3 Å². The highest BCUT2D eigenvalue weighted by molar-refractivity contribution is 6.09. The number of imidazole rings is 1. The first-order chi connectivity index (χ1) is 15.2. The van der Waals surface area contributed by atoms with E-state index in [1.807, 2.05) is 42.5 Å². The molecule has 0 saturated carbocycles. The fourth-order valence-electron chi connectivity index (χ4n) is 4.47. The molecule has 5 rings (SSSR count). The van der Waals surface area contributed by atoms with Gasteiger partial charge < -0.3 is 14.2 Å². The minimum atomic E-state index is 0.767. The minimum absolute atomic E-state index is 0.767. The molecule has 0 bridgehead atoms. The summed E-state index contributed by atoms with van der Waals surface area (Å²) >= 11 is 0. The van der Waals surface area contributed by atoms with Gasteiger partial charge in [-0.15, -0.1) is 0 Å². The van der Waals surface area contributed by atoms with Gasteiger partial charge in [0.2, 0.25) is 0 Å². The monoisotopic (exact) mass is 412 g/mol. The van der Waals surface area contributed by atoms with E-state index in [4.69, 9.17) is 19.2 Å². The molecule has 0 atom stereocenters. The summed E-state index contributed by atoms with van der Waals surface area (Å²) in [5, 5.41) is 4.15. The van der Waals surface area contributed by atoms with Crippen LogP contribution >= 0.6 is 0 Å². The molecule has 1 aromatic heterocycles. The largest absolute Gasteiger partial charge is 0.496 e. The average molecular weight is 412 g/mol. The number of fused-ring (bicyclic) bond motifs is 4. The number of methoxy groups -OCH3 is 3. The molecular formula is C26H24N2O3. The van der Waals surface area contributed by atoms with E-state index >= 15 is 0 Å². The Morgan fingerprint density at radius 1 is 0.742 bits per heavy atom. The highest BCUT2D eigenvalue weighted by Gasteiger charge is 2.22. The zero-order valence-electron chi connectivity index (χ0n) is 18.1. The van der Waals surface area contributed by atoms with Gasteiger partial charge in [0.25, 0.3) is 0 Å². The maximum atomic E-state index is 5.96. The molecule has 0 aliphatic rings. The fraction of sp³-hybridized carbons (Fsp3) is 0.192. The van der Waals surface area contributed by atoms with Crippen molar-refractivity contribution in [1.82, 2.24) is 9.55 Å². The zero-order valence-corrected chi connectivity index (χ0v) is 18.1.